The molecule has 2 rings (SSSR count). The second kappa shape index (κ2) is 5.96. The molecule has 98 valence electrons. The normalized spacial score (nSPS) is 31.6. The Morgan fingerprint density at radius 3 is 2.53 bits per heavy atom. The Hall–Kier alpha value is -0.410. The fraction of sp³-hybridized carbons (Fsp3) is 0.929. The summed E-state index contributed by atoms with van der Waals surface area (Å²) in [6.07, 6.45) is 10.1. The molecule has 0 spiro atoms. The zero-order valence-electron chi connectivity index (χ0n) is 11.0. The van der Waals surface area contributed by atoms with Crippen molar-refractivity contribution >= 4 is 6.29 Å². The van der Waals surface area contributed by atoms with Crippen molar-refractivity contribution in [1.29, 1.82) is 0 Å². The molecule has 3 heteroatoms. The van der Waals surface area contributed by atoms with Crippen LogP contribution in [0.4, 0.5) is 0 Å². The molecule has 0 aromatic carbocycles. The molecule has 1 aliphatic carbocycles. The highest BCUT2D eigenvalue weighted by Crippen LogP contribution is 2.29. The molecular weight excluding hydrogens is 214 g/mol. The van der Waals surface area contributed by atoms with Gasteiger partial charge in [0, 0.05) is 19.2 Å². The van der Waals surface area contributed by atoms with Gasteiger partial charge in [0.2, 0.25) is 0 Å². The topological polar surface area (TPSA) is 29.5 Å². The van der Waals surface area contributed by atoms with Crippen LogP contribution in [-0.2, 0) is 9.53 Å². The Morgan fingerprint density at radius 1 is 1.29 bits per heavy atom. The van der Waals surface area contributed by atoms with Gasteiger partial charge >= 0.3 is 0 Å². The fourth-order valence-electron chi connectivity index (χ4n) is 3.20. The Morgan fingerprint density at radius 2 is 2.00 bits per heavy atom. The Balaban J connectivity index is 1.89. The van der Waals surface area contributed by atoms with Gasteiger partial charge in [0.25, 0.3) is 0 Å². The first-order chi connectivity index (χ1) is 8.26. The van der Waals surface area contributed by atoms with E-state index in [0.717, 1.165) is 25.9 Å². The molecule has 1 aliphatic heterocycles. The van der Waals surface area contributed by atoms with Gasteiger partial charge < -0.3 is 14.4 Å². The van der Waals surface area contributed by atoms with Crippen LogP contribution in [0.2, 0.25) is 0 Å². The maximum Gasteiger partial charge on any atom is 0.129 e. The molecule has 1 unspecified atom stereocenters. The second-order valence-corrected chi connectivity index (χ2v) is 5.84. The maximum absolute atomic E-state index is 11.3. The average molecular weight is 239 g/mol. The van der Waals surface area contributed by atoms with E-state index < -0.39 is 0 Å². The minimum absolute atomic E-state index is 0.221. The zero-order chi connectivity index (χ0) is 12.1. The average Bonchev–Trinajstić information content (AvgIpc) is 2.64. The van der Waals surface area contributed by atoms with Crippen molar-refractivity contribution < 1.29 is 9.53 Å². The molecule has 1 saturated carbocycles. The van der Waals surface area contributed by atoms with Crippen LogP contribution >= 0.6 is 0 Å². The molecule has 1 saturated heterocycles. The predicted molar refractivity (Wildman–Crippen MR) is 68.1 cm³/mol. The lowest BCUT2D eigenvalue weighted by molar-refractivity contribution is -0.117. The van der Waals surface area contributed by atoms with Gasteiger partial charge in [-0.15, -0.1) is 0 Å². The lowest BCUT2D eigenvalue weighted by Crippen LogP contribution is -2.42. The minimum atomic E-state index is -0.221. The van der Waals surface area contributed by atoms with E-state index >= 15 is 0 Å². The highest BCUT2D eigenvalue weighted by atomic mass is 16.5. The van der Waals surface area contributed by atoms with E-state index in [1.165, 1.54) is 38.5 Å². The van der Waals surface area contributed by atoms with Crippen molar-refractivity contribution in [3.05, 3.63) is 0 Å². The summed E-state index contributed by atoms with van der Waals surface area (Å²) >= 11 is 0. The summed E-state index contributed by atoms with van der Waals surface area (Å²) in [5.41, 5.74) is -0.221. The zero-order valence-corrected chi connectivity index (χ0v) is 11.0. The Labute approximate surface area is 105 Å². The van der Waals surface area contributed by atoms with Crippen molar-refractivity contribution in [3.8, 4) is 0 Å². The first kappa shape index (κ1) is 13.0. The molecule has 1 heterocycles. The van der Waals surface area contributed by atoms with Crippen molar-refractivity contribution in [2.75, 3.05) is 26.8 Å². The summed E-state index contributed by atoms with van der Waals surface area (Å²) in [7, 11) is 2.18. The molecule has 0 N–H and O–H groups in total. The minimum Gasteiger partial charge on any atom is -0.380 e. The number of aldehydes is 1. The SMILES string of the molecule is CN(CC1(C=O)CCOC1)C1CCCCCC1. The van der Waals surface area contributed by atoms with Crippen LogP contribution < -0.4 is 0 Å². The summed E-state index contributed by atoms with van der Waals surface area (Å²) in [5, 5.41) is 0. The third-order valence-corrected chi connectivity index (χ3v) is 4.40. The van der Waals surface area contributed by atoms with Crippen LogP contribution in [0.1, 0.15) is 44.9 Å². The Bertz CT molecular complexity index is 241. The third kappa shape index (κ3) is 3.29. The van der Waals surface area contributed by atoms with E-state index in [-0.39, 0.29) is 5.41 Å². The smallest absolute Gasteiger partial charge is 0.129 e. The molecule has 0 bridgehead atoms. The van der Waals surface area contributed by atoms with Crippen molar-refractivity contribution in [3.63, 3.8) is 0 Å². The summed E-state index contributed by atoms with van der Waals surface area (Å²) in [5.74, 6) is 0. The van der Waals surface area contributed by atoms with Gasteiger partial charge in [-0.2, -0.15) is 0 Å². The van der Waals surface area contributed by atoms with E-state index in [2.05, 4.69) is 11.9 Å². The summed E-state index contributed by atoms with van der Waals surface area (Å²) in [6.45, 7) is 2.24. The molecule has 2 aliphatic rings. The monoisotopic (exact) mass is 239 g/mol. The van der Waals surface area contributed by atoms with Gasteiger partial charge in [-0.25, -0.2) is 0 Å². The molecule has 0 aromatic heterocycles. The standard InChI is InChI=1S/C14H25NO2/c1-15(13-6-4-2-3-5-7-13)10-14(11-16)8-9-17-12-14/h11,13H,2-10,12H2,1H3. The highest BCUT2D eigenvalue weighted by Gasteiger charge is 2.37. The van der Waals surface area contributed by atoms with Crippen LogP contribution in [-0.4, -0.2) is 44.0 Å². The number of hydrogen-bond donors (Lipinski definition) is 0. The molecule has 3 nitrogen and oxygen atoms in total. The Kier molecular flexibility index (Phi) is 4.57. The third-order valence-electron chi connectivity index (χ3n) is 4.40. The van der Waals surface area contributed by atoms with Crippen molar-refractivity contribution in [1.82, 2.24) is 4.90 Å². The van der Waals surface area contributed by atoms with Crippen molar-refractivity contribution in [2.24, 2.45) is 5.41 Å². The molecular formula is C14H25NO2. The van der Waals surface area contributed by atoms with E-state index in [1.807, 2.05) is 0 Å². The van der Waals surface area contributed by atoms with Crippen LogP contribution in [0.25, 0.3) is 0 Å². The molecule has 1 atom stereocenters. The lowest BCUT2D eigenvalue weighted by atomic mass is 9.88. The van der Waals surface area contributed by atoms with Crippen LogP contribution in [0.15, 0.2) is 0 Å². The van der Waals surface area contributed by atoms with Gasteiger partial charge in [-0.3, -0.25) is 0 Å². The number of carbonyl (C=O) groups is 1. The van der Waals surface area contributed by atoms with E-state index in [0.29, 0.717) is 12.6 Å². The number of hydrogen-bond acceptors (Lipinski definition) is 3. The summed E-state index contributed by atoms with van der Waals surface area (Å²) in [6, 6.07) is 0.676. The van der Waals surface area contributed by atoms with E-state index in [9.17, 15) is 4.79 Å². The van der Waals surface area contributed by atoms with Gasteiger partial charge in [0.05, 0.1) is 12.0 Å². The van der Waals surface area contributed by atoms with Crippen LogP contribution in [0.3, 0.4) is 0 Å². The summed E-state index contributed by atoms with van der Waals surface area (Å²) in [4.78, 5) is 13.7. The first-order valence-corrected chi connectivity index (χ1v) is 7.00. The molecule has 0 aromatic rings. The van der Waals surface area contributed by atoms with Gasteiger partial charge in [0.15, 0.2) is 0 Å². The number of rotatable bonds is 4. The fourth-order valence-corrected chi connectivity index (χ4v) is 3.20. The first-order valence-electron chi connectivity index (χ1n) is 7.00. The van der Waals surface area contributed by atoms with Crippen LogP contribution in [0, 0.1) is 5.41 Å². The van der Waals surface area contributed by atoms with Gasteiger partial charge in [0.1, 0.15) is 6.29 Å². The number of ether oxygens (including phenoxy) is 1. The van der Waals surface area contributed by atoms with Crippen LogP contribution in [0.5, 0.6) is 0 Å². The van der Waals surface area contributed by atoms with Gasteiger partial charge in [-0.1, -0.05) is 25.7 Å². The maximum atomic E-state index is 11.3. The number of nitrogens with zero attached hydrogens (tertiary/aromatic N) is 1. The molecule has 17 heavy (non-hydrogen) atoms. The van der Waals surface area contributed by atoms with Gasteiger partial charge in [-0.05, 0) is 26.3 Å². The number of carbonyl (C=O) groups excluding carboxylic acids is 1. The molecule has 2 fully saturated rings. The van der Waals surface area contributed by atoms with E-state index in [4.69, 9.17) is 4.74 Å². The summed E-state index contributed by atoms with van der Waals surface area (Å²) < 4.78 is 5.41. The predicted octanol–water partition coefficient (Wildman–Crippen LogP) is 2.25. The van der Waals surface area contributed by atoms with E-state index in [1.54, 1.807) is 0 Å². The molecule has 0 radical (unpaired) electrons. The molecule has 0 amide bonds. The second-order valence-electron chi connectivity index (χ2n) is 5.84. The largest absolute Gasteiger partial charge is 0.380 e. The lowest BCUT2D eigenvalue weighted by Gasteiger charge is -2.33. The highest BCUT2D eigenvalue weighted by molar-refractivity contribution is 5.60. The van der Waals surface area contributed by atoms with Crippen molar-refractivity contribution in [2.45, 2.75) is 51.0 Å². The quantitative estimate of drug-likeness (QED) is 0.556.